The van der Waals surface area contributed by atoms with Gasteiger partial charge >= 0.3 is 0 Å². The predicted octanol–water partition coefficient (Wildman–Crippen LogP) is 1.37. The maximum atomic E-state index is 9.02. The fraction of sp³-hybridized carbons (Fsp3) is 0.857. The maximum absolute atomic E-state index is 9.02. The van der Waals surface area contributed by atoms with Crippen LogP contribution in [0.5, 0.6) is 0 Å². The van der Waals surface area contributed by atoms with Crippen molar-refractivity contribution in [1.82, 2.24) is 0 Å². The van der Waals surface area contributed by atoms with E-state index < -0.39 is 0 Å². The predicted molar refractivity (Wildman–Crippen MR) is 33.3 cm³/mol. The molecule has 0 aliphatic heterocycles. The van der Waals surface area contributed by atoms with Crippen molar-refractivity contribution in [2.45, 2.75) is 32.3 Å². The van der Waals surface area contributed by atoms with Crippen LogP contribution in [0, 0.1) is 12.3 Å². The summed E-state index contributed by atoms with van der Waals surface area (Å²) in [6.45, 7) is 2.16. The van der Waals surface area contributed by atoms with Crippen molar-refractivity contribution in [1.29, 1.82) is 0 Å². The number of aliphatic hydroxyl groups is 1. The van der Waals surface area contributed by atoms with Crippen LogP contribution in [0.2, 0.25) is 0 Å². The van der Waals surface area contributed by atoms with E-state index in [2.05, 4.69) is 6.92 Å². The highest BCUT2D eigenvalue weighted by Crippen LogP contribution is 2.21. The van der Waals surface area contributed by atoms with Crippen LogP contribution in [0.15, 0.2) is 0 Å². The van der Waals surface area contributed by atoms with Gasteiger partial charge in [0.05, 0.1) is 6.10 Å². The van der Waals surface area contributed by atoms with Crippen molar-refractivity contribution in [3.05, 3.63) is 6.42 Å². The Hall–Kier alpha value is -0.0400. The molecule has 1 radical (unpaired) electrons. The van der Waals surface area contributed by atoms with Crippen molar-refractivity contribution >= 4 is 0 Å². The highest BCUT2D eigenvalue weighted by Gasteiger charge is 2.15. The topological polar surface area (TPSA) is 20.2 Å². The highest BCUT2D eigenvalue weighted by atomic mass is 16.3. The summed E-state index contributed by atoms with van der Waals surface area (Å²) in [5, 5.41) is 9.02. The molecule has 0 saturated heterocycles. The van der Waals surface area contributed by atoms with Crippen LogP contribution in [0.4, 0.5) is 0 Å². The minimum Gasteiger partial charge on any atom is -0.393 e. The summed E-state index contributed by atoms with van der Waals surface area (Å²) in [6.07, 6.45) is 5.35. The lowest BCUT2D eigenvalue weighted by atomic mass is 9.89. The van der Waals surface area contributed by atoms with Crippen LogP contribution in [-0.4, -0.2) is 11.2 Å². The smallest absolute Gasteiger partial charge is 0.0574 e. The zero-order valence-electron chi connectivity index (χ0n) is 5.30. The minimum absolute atomic E-state index is 0.112. The number of hydrogen-bond donors (Lipinski definition) is 1. The molecule has 0 aromatic rings. The Balaban J connectivity index is 2.23. The fourth-order valence-corrected chi connectivity index (χ4v) is 1.22. The van der Waals surface area contributed by atoms with Gasteiger partial charge in [0.1, 0.15) is 0 Å². The summed E-state index contributed by atoms with van der Waals surface area (Å²) in [5.74, 6) is 0.638. The second kappa shape index (κ2) is 2.49. The van der Waals surface area contributed by atoms with Gasteiger partial charge in [0.15, 0.2) is 0 Å². The Kier molecular flexibility index (Phi) is 1.90. The van der Waals surface area contributed by atoms with Crippen LogP contribution in [-0.2, 0) is 0 Å². The Morgan fingerprint density at radius 3 is 2.62 bits per heavy atom. The Morgan fingerprint density at radius 2 is 2.25 bits per heavy atom. The molecule has 2 atom stereocenters. The number of hydrogen-bond acceptors (Lipinski definition) is 1. The normalized spacial score (nSPS) is 39.8. The molecule has 0 heterocycles. The van der Waals surface area contributed by atoms with Gasteiger partial charge in [-0.05, 0) is 18.8 Å². The first-order valence-electron chi connectivity index (χ1n) is 3.32. The summed E-state index contributed by atoms with van der Waals surface area (Å²) in [7, 11) is 0. The molecule has 1 heteroatoms. The van der Waals surface area contributed by atoms with Gasteiger partial charge in [0.2, 0.25) is 0 Å². The zero-order chi connectivity index (χ0) is 5.98. The zero-order valence-corrected chi connectivity index (χ0v) is 5.30. The van der Waals surface area contributed by atoms with E-state index in [-0.39, 0.29) is 6.10 Å². The molecule has 0 aromatic heterocycles. The van der Waals surface area contributed by atoms with E-state index in [1.807, 2.05) is 6.42 Å². The molecular formula is C7H13O. The Bertz CT molecular complexity index is 62.8. The van der Waals surface area contributed by atoms with E-state index in [0.29, 0.717) is 5.92 Å². The average molecular weight is 113 g/mol. The first kappa shape index (κ1) is 6.09. The molecule has 0 spiro atoms. The van der Waals surface area contributed by atoms with E-state index in [1.165, 1.54) is 12.8 Å². The summed E-state index contributed by atoms with van der Waals surface area (Å²) in [4.78, 5) is 0. The third kappa shape index (κ3) is 1.48. The number of rotatable bonds is 0. The average Bonchev–Trinajstić information content (AvgIpc) is 1.64. The van der Waals surface area contributed by atoms with Crippen molar-refractivity contribution in [2.75, 3.05) is 0 Å². The maximum Gasteiger partial charge on any atom is 0.0574 e. The monoisotopic (exact) mass is 113 g/mol. The molecule has 1 aliphatic rings. The SMILES string of the molecule is C[C@@H]1[CH][C@H](O)CCC1. The van der Waals surface area contributed by atoms with Gasteiger partial charge in [-0.2, -0.15) is 0 Å². The van der Waals surface area contributed by atoms with Crippen LogP contribution in [0.1, 0.15) is 26.2 Å². The standard InChI is InChI=1S/C7H13O/c1-6-3-2-4-7(8)5-6/h5-8H,2-4H2,1H3/t6-,7+/m0/s1. The van der Waals surface area contributed by atoms with Crippen LogP contribution in [0.25, 0.3) is 0 Å². The van der Waals surface area contributed by atoms with Crippen molar-refractivity contribution in [3.8, 4) is 0 Å². The van der Waals surface area contributed by atoms with Gasteiger partial charge < -0.3 is 5.11 Å². The molecule has 0 amide bonds. The summed E-state index contributed by atoms with van der Waals surface area (Å²) < 4.78 is 0. The molecule has 1 fully saturated rings. The van der Waals surface area contributed by atoms with Gasteiger partial charge in [-0.3, -0.25) is 0 Å². The summed E-state index contributed by atoms with van der Waals surface area (Å²) >= 11 is 0. The minimum atomic E-state index is -0.112. The molecule has 1 saturated carbocycles. The van der Waals surface area contributed by atoms with Gasteiger partial charge in [-0.25, -0.2) is 0 Å². The van der Waals surface area contributed by atoms with Gasteiger partial charge in [-0.15, -0.1) is 0 Å². The lowest BCUT2D eigenvalue weighted by Crippen LogP contribution is -2.17. The summed E-state index contributed by atoms with van der Waals surface area (Å²) in [6, 6.07) is 0. The molecule has 1 rings (SSSR count). The molecule has 0 aromatic carbocycles. The van der Waals surface area contributed by atoms with Crippen LogP contribution >= 0.6 is 0 Å². The first-order valence-corrected chi connectivity index (χ1v) is 3.32. The highest BCUT2D eigenvalue weighted by molar-refractivity contribution is 4.85. The van der Waals surface area contributed by atoms with E-state index in [9.17, 15) is 0 Å². The van der Waals surface area contributed by atoms with E-state index in [4.69, 9.17) is 5.11 Å². The Labute approximate surface area is 50.7 Å². The molecular weight excluding hydrogens is 100 g/mol. The van der Waals surface area contributed by atoms with E-state index >= 15 is 0 Å². The number of aliphatic hydroxyl groups excluding tert-OH is 1. The third-order valence-corrected chi connectivity index (χ3v) is 1.71. The first-order chi connectivity index (χ1) is 3.79. The second-order valence-electron chi connectivity index (χ2n) is 2.67. The quantitative estimate of drug-likeness (QED) is 0.503. The molecule has 1 N–H and O–H groups in total. The van der Waals surface area contributed by atoms with Gasteiger partial charge in [-0.1, -0.05) is 19.8 Å². The molecule has 0 bridgehead atoms. The molecule has 8 heavy (non-hydrogen) atoms. The lowest BCUT2D eigenvalue weighted by Gasteiger charge is -2.21. The summed E-state index contributed by atoms with van der Waals surface area (Å²) in [5.41, 5.74) is 0. The fourth-order valence-electron chi connectivity index (χ4n) is 1.22. The van der Waals surface area contributed by atoms with Crippen LogP contribution < -0.4 is 0 Å². The largest absolute Gasteiger partial charge is 0.393 e. The molecule has 0 unspecified atom stereocenters. The second-order valence-corrected chi connectivity index (χ2v) is 2.67. The van der Waals surface area contributed by atoms with Crippen LogP contribution in [0.3, 0.4) is 0 Å². The van der Waals surface area contributed by atoms with E-state index in [0.717, 1.165) is 6.42 Å². The van der Waals surface area contributed by atoms with Crippen molar-refractivity contribution < 1.29 is 5.11 Å². The van der Waals surface area contributed by atoms with Gasteiger partial charge in [0.25, 0.3) is 0 Å². The molecule has 1 aliphatic carbocycles. The molecule has 1 nitrogen and oxygen atoms in total. The third-order valence-electron chi connectivity index (χ3n) is 1.71. The van der Waals surface area contributed by atoms with E-state index in [1.54, 1.807) is 0 Å². The molecule has 47 valence electrons. The van der Waals surface area contributed by atoms with Crippen molar-refractivity contribution in [3.63, 3.8) is 0 Å². The Morgan fingerprint density at radius 1 is 1.50 bits per heavy atom. The van der Waals surface area contributed by atoms with Crippen molar-refractivity contribution in [2.24, 2.45) is 5.92 Å². The lowest BCUT2D eigenvalue weighted by molar-refractivity contribution is 0.158. The van der Waals surface area contributed by atoms with Gasteiger partial charge in [0, 0.05) is 0 Å².